The van der Waals surface area contributed by atoms with Crippen molar-refractivity contribution in [2.75, 3.05) is 0 Å². The van der Waals surface area contributed by atoms with Crippen molar-refractivity contribution in [3.05, 3.63) is 23.8 Å². The molecule has 1 aliphatic rings. The first-order chi connectivity index (χ1) is 6.66. The van der Waals surface area contributed by atoms with Gasteiger partial charge in [0.1, 0.15) is 0 Å². The van der Waals surface area contributed by atoms with E-state index in [1.807, 2.05) is 17.0 Å². The van der Waals surface area contributed by atoms with Gasteiger partial charge in [0.15, 0.2) is 11.6 Å². The topological polar surface area (TPSA) is 30.7 Å². The minimum atomic E-state index is 0.383. The molecule has 14 heavy (non-hydrogen) atoms. The van der Waals surface area contributed by atoms with Crippen molar-refractivity contribution < 1.29 is 0 Å². The van der Waals surface area contributed by atoms with E-state index in [2.05, 4.69) is 43.0 Å². The van der Waals surface area contributed by atoms with Gasteiger partial charge in [0, 0.05) is 12.1 Å². The largest absolute Gasteiger partial charge is 0.221 e. The second-order valence-corrected chi connectivity index (χ2v) is 3.99. The fraction of sp³-hybridized carbons (Fsp3) is 0.455. The van der Waals surface area contributed by atoms with Crippen LogP contribution in [0.2, 0.25) is 0 Å². The van der Waals surface area contributed by atoms with Crippen LogP contribution in [0, 0.1) is 5.92 Å². The minimum Gasteiger partial charge on any atom is -0.221 e. The Labute approximate surface area is 84.2 Å². The van der Waals surface area contributed by atoms with Crippen molar-refractivity contribution in [3.8, 4) is 0 Å². The van der Waals surface area contributed by atoms with Gasteiger partial charge in [-0.15, -0.1) is 0 Å². The molecule has 0 amide bonds. The van der Waals surface area contributed by atoms with Crippen LogP contribution in [0.3, 0.4) is 0 Å². The van der Waals surface area contributed by atoms with Gasteiger partial charge in [-0.2, -0.15) is 5.10 Å². The fourth-order valence-corrected chi connectivity index (χ4v) is 1.34. The molecule has 0 saturated heterocycles. The number of rotatable bonds is 1. The number of nitrogens with zero attached hydrogens (tertiary/aromatic N) is 3. The number of aromatic nitrogens is 3. The zero-order chi connectivity index (χ0) is 10.1. The summed E-state index contributed by atoms with van der Waals surface area (Å²) in [6, 6.07) is 0. The van der Waals surface area contributed by atoms with Crippen LogP contribution in [0.4, 0.5) is 0 Å². The lowest BCUT2D eigenvalue weighted by Gasteiger charge is -1.95. The number of hydrogen-bond donors (Lipinski definition) is 0. The van der Waals surface area contributed by atoms with E-state index < -0.39 is 0 Å². The van der Waals surface area contributed by atoms with Crippen LogP contribution < -0.4 is 0 Å². The summed E-state index contributed by atoms with van der Waals surface area (Å²) in [4.78, 5) is 4.46. The molecule has 0 aliphatic carbocycles. The molecular formula is C11H15N3. The van der Waals surface area contributed by atoms with Crippen molar-refractivity contribution in [3.63, 3.8) is 0 Å². The van der Waals surface area contributed by atoms with Gasteiger partial charge in [0.25, 0.3) is 0 Å². The van der Waals surface area contributed by atoms with E-state index in [9.17, 15) is 0 Å². The molecule has 1 aromatic heterocycles. The molecule has 3 heteroatoms. The molecule has 0 N–H and O–H groups in total. The monoisotopic (exact) mass is 189 g/mol. The Morgan fingerprint density at radius 1 is 1.36 bits per heavy atom. The first-order valence-electron chi connectivity index (χ1n) is 5.00. The molecule has 2 heterocycles. The standard InChI is InChI=1S/C11H15N3/c1-8(2)11-12-10-5-4-9(3)6-7-14(10)13-11/h4-9H,1-3H3. The van der Waals surface area contributed by atoms with Crippen LogP contribution in [-0.2, 0) is 0 Å². The lowest BCUT2D eigenvalue weighted by molar-refractivity contribution is 0.763. The lowest BCUT2D eigenvalue weighted by atomic mass is 10.2. The average molecular weight is 189 g/mol. The summed E-state index contributed by atoms with van der Waals surface area (Å²) in [7, 11) is 0. The fourth-order valence-electron chi connectivity index (χ4n) is 1.34. The summed E-state index contributed by atoms with van der Waals surface area (Å²) >= 11 is 0. The summed E-state index contributed by atoms with van der Waals surface area (Å²) in [5.41, 5.74) is 0. The molecular weight excluding hydrogens is 174 g/mol. The summed E-state index contributed by atoms with van der Waals surface area (Å²) < 4.78 is 1.84. The van der Waals surface area contributed by atoms with Crippen molar-refractivity contribution >= 4 is 12.3 Å². The zero-order valence-electron chi connectivity index (χ0n) is 8.81. The predicted molar refractivity (Wildman–Crippen MR) is 57.6 cm³/mol. The Morgan fingerprint density at radius 2 is 2.14 bits per heavy atom. The Hall–Kier alpha value is -1.38. The van der Waals surface area contributed by atoms with Gasteiger partial charge in [0.05, 0.1) is 0 Å². The molecule has 2 rings (SSSR count). The van der Waals surface area contributed by atoms with Crippen LogP contribution in [0.15, 0.2) is 12.2 Å². The van der Waals surface area contributed by atoms with Crippen LogP contribution in [0.1, 0.15) is 38.3 Å². The van der Waals surface area contributed by atoms with Gasteiger partial charge in [-0.1, -0.05) is 32.9 Å². The molecule has 0 bridgehead atoms. The normalized spacial score (nSPS) is 19.9. The van der Waals surface area contributed by atoms with Crippen LogP contribution >= 0.6 is 0 Å². The highest BCUT2D eigenvalue weighted by Crippen LogP contribution is 2.15. The number of allylic oxidation sites excluding steroid dienone is 2. The van der Waals surface area contributed by atoms with Crippen molar-refractivity contribution in [1.29, 1.82) is 0 Å². The second-order valence-electron chi connectivity index (χ2n) is 3.99. The van der Waals surface area contributed by atoms with Gasteiger partial charge >= 0.3 is 0 Å². The zero-order valence-corrected chi connectivity index (χ0v) is 8.81. The smallest absolute Gasteiger partial charge is 0.155 e. The van der Waals surface area contributed by atoms with Crippen molar-refractivity contribution in [2.24, 2.45) is 5.92 Å². The molecule has 1 atom stereocenters. The third kappa shape index (κ3) is 1.62. The molecule has 1 unspecified atom stereocenters. The Balaban J connectivity index is 2.41. The molecule has 3 nitrogen and oxygen atoms in total. The molecule has 0 saturated carbocycles. The SMILES string of the molecule is CC1C=Cc2nc(C(C)C)nn2C=C1. The predicted octanol–water partition coefficient (Wildman–Crippen LogP) is 2.54. The Morgan fingerprint density at radius 3 is 2.86 bits per heavy atom. The van der Waals surface area contributed by atoms with Gasteiger partial charge < -0.3 is 0 Å². The molecule has 0 fully saturated rings. The van der Waals surface area contributed by atoms with E-state index in [0.29, 0.717) is 11.8 Å². The van der Waals surface area contributed by atoms with E-state index in [1.54, 1.807) is 0 Å². The molecule has 0 radical (unpaired) electrons. The number of hydrogen-bond acceptors (Lipinski definition) is 2. The molecule has 1 aliphatic heterocycles. The molecule has 1 aromatic rings. The number of fused-ring (bicyclic) bond motifs is 1. The van der Waals surface area contributed by atoms with Gasteiger partial charge in [-0.25, -0.2) is 9.67 Å². The maximum atomic E-state index is 4.46. The molecule has 74 valence electrons. The molecule has 0 spiro atoms. The summed E-state index contributed by atoms with van der Waals surface area (Å²) in [5.74, 6) is 2.67. The van der Waals surface area contributed by atoms with Crippen LogP contribution in [0.25, 0.3) is 12.3 Å². The highest BCUT2D eigenvalue weighted by Gasteiger charge is 2.10. The summed E-state index contributed by atoms with van der Waals surface area (Å²) in [5, 5.41) is 4.41. The summed E-state index contributed by atoms with van der Waals surface area (Å²) in [6.45, 7) is 6.35. The second kappa shape index (κ2) is 3.40. The highest BCUT2D eigenvalue weighted by atomic mass is 15.3. The Bertz CT molecular complexity index is 354. The van der Waals surface area contributed by atoms with Crippen molar-refractivity contribution in [1.82, 2.24) is 14.8 Å². The minimum absolute atomic E-state index is 0.383. The highest BCUT2D eigenvalue weighted by molar-refractivity contribution is 5.48. The first kappa shape index (κ1) is 9.19. The van der Waals surface area contributed by atoms with E-state index >= 15 is 0 Å². The maximum absolute atomic E-state index is 4.46. The van der Waals surface area contributed by atoms with Gasteiger partial charge in [-0.3, -0.25) is 0 Å². The summed E-state index contributed by atoms with van der Waals surface area (Å²) in [6.07, 6.45) is 8.27. The van der Waals surface area contributed by atoms with Gasteiger partial charge in [-0.05, 0) is 12.0 Å². The molecule has 0 aromatic carbocycles. The average Bonchev–Trinajstić information content (AvgIpc) is 2.48. The van der Waals surface area contributed by atoms with E-state index in [1.165, 1.54) is 0 Å². The van der Waals surface area contributed by atoms with Crippen LogP contribution in [0.5, 0.6) is 0 Å². The van der Waals surface area contributed by atoms with Crippen LogP contribution in [-0.4, -0.2) is 14.8 Å². The third-order valence-corrected chi connectivity index (χ3v) is 2.27. The third-order valence-electron chi connectivity index (χ3n) is 2.27. The van der Waals surface area contributed by atoms with E-state index in [4.69, 9.17) is 0 Å². The van der Waals surface area contributed by atoms with Gasteiger partial charge in [0.2, 0.25) is 0 Å². The lowest BCUT2D eigenvalue weighted by Crippen LogP contribution is -1.93. The Kier molecular flexibility index (Phi) is 2.23. The quantitative estimate of drug-likeness (QED) is 0.679. The van der Waals surface area contributed by atoms with Crippen molar-refractivity contribution in [2.45, 2.75) is 26.7 Å². The van der Waals surface area contributed by atoms with E-state index in [-0.39, 0.29) is 0 Å². The van der Waals surface area contributed by atoms with E-state index in [0.717, 1.165) is 11.6 Å². The first-order valence-corrected chi connectivity index (χ1v) is 5.00. The maximum Gasteiger partial charge on any atom is 0.155 e.